The van der Waals surface area contributed by atoms with Crippen LogP contribution in [0.15, 0.2) is 0 Å². The zero-order valence-corrected chi connectivity index (χ0v) is 22.7. The van der Waals surface area contributed by atoms with E-state index in [0.29, 0.717) is 17.8 Å². The molecule has 0 saturated heterocycles. The first-order valence-corrected chi connectivity index (χ1v) is 13.1. The second kappa shape index (κ2) is 10.3. The van der Waals surface area contributed by atoms with E-state index in [-0.39, 0.29) is 47.0 Å². The molecule has 10 atom stereocenters. The van der Waals surface area contributed by atoms with Crippen molar-refractivity contribution in [3.63, 3.8) is 0 Å². The Kier molecular flexibility index (Phi) is 8.30. The second-order valence-corrected chi connectivity index (χ2v) is 12.1. The fraction of sp³-hybridized carbons (Fsp3) is 0.923. The zero-order valence-electron chi connectivity index (χ0n) is 21.9. The highest BCUT2D eigenvalue weighted by Crippen LogP contribution is 2.67. The Bertz CT molecular complexity index is 798. The van der Waals surface area contributed by atoms with Crippen LogP contribution < -0.4 is 11.1 Å². The predicted octanol–water partition coefficient (Wildman–Crippen LogP) is 4.55. The Balaban J connectivity index is 0.00000342. The van der Waals surface area contributed by atoms with Gasteiger partial charge in [0.2, 0.25) is 0 Å². The number of carbonyl (C=O) groups is 2. The Labute approximate surface area is 215 Å². The summed E-state index contributed by atoms with van der Waals surface area (Å²) in [5.74, 6) is 1.45. The van der Waals surface area contributed by atoms with Gasteiger partial charge in [-0.1, -0.05) is 13.8 Å². The third-order valence-corrected chi connectivity index (χ3v) is 10.6. The first kappa shape index (κ1) is 28.3. The molecule has 4 aliphatic carbocycles. The zero-order chi connectivity index (χ0) is 24.9. The first-order chi connectivity index (χ1) is 15.9. The maximum atomic E-state index is 12.3. The number of alkyl carbamates (subject to hydrolysis) is 1. The van der Waals surface area contributed by atoms with Crippen LogP contribution in [0.5, 0.6) is 0 Å². The topological polar surface area (TPSA) is 120 Å². The van der Waals surface area contributed by atoms with Gasteiger partial charge >= 0.3 is 12.2 Å². The smallest absolute Gasteiger partial charge is 0.446 e. The number of aliphatic hydroxyl groups is 1. The summed E-state index contributed by atoms with van der Waals surface area (Å²) in [6.45, 7) is 8.08. The molecule has 0 radical (unpaired) electrons. The van der Waals surface area contributed by atoms with E-state index in [0.717, 1.165) is 57.8 Å². The van der Waals surface area contributed by atoms with Crippen LogP contribution in [0, 0.1) is 28.6 Å². The number of fused-ring (bicyclic) bond motifs is 5. The number of ether oxygens (including phenoxy) is 3. The number of halogens is 1. The minimum atomic E-state index is -0.619. The number of nitrogens with two attached hydrogens (primary N) is 1. The maximum absolute atomic E-state index is 12.3. The number of amides is 1. The molecule has 35 heavy (non-hydrogen) atoms. The summed E-state index contributed by atoms with van der Waals surface area (Å²) in [7, 11) is 1.35. The summed E-state index contributed by atoms with van der Waals surface area (Å²) in [6.07, 6.45) is 6.69. The highest BCUT2D eigenvalue weighted by molar-refractivity contribution is 5.85. The fourth-order valence-electron chi connectivity index (χ4n) is 8.19. The molecule has 4 aliphatic rings. The van der Waals surface area contributed by atoms with Crippen molar-refractivity contribution < 1.29 is 28.9 Å². The third kappa shape index (κ3) is 4.75. The summed E-state index contributed by atoms with van der Waals surface area (Å²) < 4.78 is 16.2. The second-order valence-electron chi connectivity index (χ2n) is 12.1. The van der Waals surface area contributed by atoms with Gasteiger partial charge in [0.25, 0.3) is 0 Å². The number of aliphatic hydroxyl groups excluding tert-OH is 1. The third-order valence-electron chi connectivity index (χ3n) is 10.6. The highest BCUT2D eigenvalue weighted by atomic mass is 35.5. The molecule has 202 valence electrons. The number of hydrogen-bond donors (Lipinski definition) is 3. The quantitative estimate of drug-likeness (QED) is 0.469. The van der Waals surface area contributed by atoms with E-state index in [1.807, 2.05) is 0 Å². The molecule has 0 bridgehead atoms. The van der Waals surface area contributed by atoms with Crippen molar-refractivity contribution in [3.8, 4) is 0 Å². The molecule has 4 N–H and O–H groups in total. The van der Waals surface area contributed by atoms with Gasteiger partial charge in [0.05, 0.1) is 19.3 Å². The lowest BCUT2D eigenvalue weighted by Gasteiger charge is -2.64. The molecule has 1 amide bonds. The SMILES string of the molecule is COC(=O)O[C@H]1CC[C@]2(N)[C@@H]3CC[C@@H]4C[C@@H](OC(=O)NC(C)C(C)O)CC[C@]4(C)[C@H]3CC[C@]12C.Cl. The van der Waals surface area contributed by atoms with Crippen LogP contribution >= 0.6 is 12.4 Å². The van der Waals surface area contributed by atoms with E-state index in [4.69, 9.17) is 19.9 Å². The van der Waals surface area contributed by atoms with Crippen molar-refractivity contribution in [1.29, 1.82) is 0 Å². The van der Waals surface area contributed by atoms with Crippen molar-refractivity contribution in [3.05, 3.63) is 0 Å². The standard InChI is InChI=1S/C26H44N2O6.ClH/c1-15(16(2)29)28-22(30)33-18-8-11-24(3)17(14-18)6-7-20-19(24)9-12-25(4)21(34-23(31)32-5)10-13-26(20,25)27;/h15-21,29H,6-14,27H2,1-5H3,(H,28,30);1H/t15?,16?,17-,18+,19+,20-,21+,24+,25-,26+;/m1./s1. The molecule has 0 aromatic heterocycles. The Hall–Kier alpha value is -1.25. The Morgan fingerprint density at radius 1 is 1.00 bits per heavy atom. The molecule has 0 heterocycles. The van der Waals surface area contributed by atoms with E-state index in [1.165, 1.54) is 7.11 Å². The number of hydrogen-bond acceptors (Lipinski definition) is 7. The minimum Gasteiger partial charge on any atom is -0.446 e. The van der Waals surface area contributed by atoms with E-state index >= 15 is 0 Å². The normalized spacial score (nSPS) is 43.8. The molecule has 0 aromatic rings. The maximum Gasteiger partial charge on any atom is 0.508 e. The van der Waals surface area contributed by atoms with Gasteiger partial charge in [0.1, 0.15) is 12.2 Å². The minimum absolute atomic E-state index is 0. The van der Waals surface area contributed by atoms with Crippen LogP contribution in [0.4, 0.5) is 9.59 Å². The Morgan fingerprint density at radius 3 is 2.37 bits per heavy atom. The van der Waals surface area contributed by atoms with Crippen LogP contribution in [0.25, 0.3) is 0 Å². The molecule has 4 saturated carbocycles. The Morgan fingerprint density at radius 2 is 1.71 bits per heavy atom. The number of carbonyl (C=O) groups excluding carboxylic acids is 2. The van der Waals surface area contributed by atoms with E-state index in [9.17, 15) is 14.7 Å². The van der Waals surface area contributed by atoms with E-state index < -0.39 is 18.4 Å². The van der Waals surface area contributed by atoms with Crippen LogP contribution in [0.1, 0.15) is 85.5 Å². The molecular formula is C26H45ClN2O6. The fourth-order valence-corrected chi connectivity index (χ4v) is 8.19. The summed E-state index contributed by atoms with van der Waals surface area (Å²) in [5.41, 5.74) is 6.88. The van der Waals surface area contributed by atoms with Gasteiger partial charge in [-0.05, 0) is 94.8 Å². The number of rotatable bonds is 4. The van der Waals surface area contributed by atoms with Crippen molar-refractivity contribution in [2.45, 2.75) is 115 Å². The van der Waals surface area contributed by atoms with Gasteiger partial charge in [0.15, 0.2) is 0 Å². The van der Waals surface area contributed by atoms with Gasteiger partial charge in [-0.25, -0.2) is 9.59 Å². The van der Waals surface area contributed by atoms with Gasteiger partial charge < -0.3 is 30.4 Å². The van der Waals surface area contributed by atoms with E-state index in [1.54, 1.807) is 13.8 Å². The van der Waals surface area contributed by atoms with Crippen LogP contribution in [0.3, 0.4) is 0 Å². The molecule has 0 aliphatic heterocycles. The summed E-state index contributed by atoms with van der Waals surface area (Å²) in [6, 6.07) is -0.340. The molecule has 9 heteroatoms. The lowest BCUT2D eigenvalue weighted by atomic mass is 9.43. The van der Waals surface area contributed by atoms with Crippen LogP contribution in [-0.4, -0.2) is 54.4 Å². The highest BCUT2D eigenvalue weighted by Gasteiger charge is 2.67. The molecule has 0 spiro atoms. The van der Waals surface area contributed by atoms with Crippen molar-refractivity contribution in [2.75, 3.05) is 7.11 Å². The van der Waals surface area contributed by atoms with E-state index in [2.05, 4.69) is 19.2 Å². The average molecular weight is 517 g/mol. The van der Waals surface area contributed by atoms with Crippen LogP contribution in [-0.2, 0) is 14.2 Å². The molecule has 0 aromatic carbocycles. The molecule has 4 rings (SSSR count). The molecular weight excluding hydrogens is 472 g/mol. The average Bonchev–Trinajstić information content (AvgIpc) is 3.04. The lowest BCUT2D eigenvalue weighted by molar-refractivity contribution is -0.145. The van der Waals surface area contributed by atoms with Crippen LogP contribution in [0.2, 0.25) is 0 Å². The predicted molar refractivity (Wildman–Crippen MR) is 134 cm³/mol. The summed E-state index contributed by atoms with van der Waals surface area (Å²) >= 11 is 0. The van der Waals surface area contributed by atoms with Gasteiger partial charge in [-0.2, -0.15) is 0 Å². The number of methoxy groups -OCH3 is 1. The molecule has 8 nitrogen and oxygen atoms in total. The van der Waals surface area contributed by atoms with Gasteiger partial charge in [0, 0.05) is 11.0 Å². The van der Waals surface area contributed by atoms with Gasteiger partial charge in [-0.15, -0.1) is 12.4 Å². The molecule has 4 fully saturated rings. The largest absolute Gasteiger partial charge is 0.508 e. The lowest BCUT2D eigenvalue weighted by Crippen LogP contribution is -2.67. The number of nitrogens with one attached hydrogen (secondary N) is 1. The monoisotopic (exact) mass is 516 g/mol. The summed E-state index contributed by atoms with van der Waals surface area (Å²) in [5, 5.41) is 12.4. The van der Waals surface area contributed by atoms with Crippen molar-refractivity contribution in [2.24, 2.45) is 34.3 Å². The summed E-state index contributed by atoms with van der Waals surface area (Å²) in [4.78, 5) is 24.2. The molecule has 2 unspecified atom stereocenters. The van der Waals surface area contributed by atoms with Gasteiger partial charge in [-0.3, -0.25) is 0 Å². The van der Waals surface area contributed by atoms with Crippen molar-refractivity contribution in [1.82, 2.24) is 5.32 Å². The van der Waals surface area contributed by atoms with Crippen molar-refractivity contribution >= 4 is 24.7 Å². The first-order valence-electron chi connectivity index (χ1n) is 13.1.